The van der Waals surface area contributed by atoms with Crippen molar-refractivity contribution in [2.45, 2.75) is 13.0 Å². The maximum atomic E-state index is 13.8. The Kier molecular flexibility index (Phi) is 2.49. The van der Waals surface area contributed by atoms with E-state index in [4.69, 9.17) is 10.00 Å². The van der Waals surface area contributed by atoms with E-state index >= 15 is 0 Å². The monoisotopic (exact) mass is 243 g/mol. The molecule has 0 atom stereocenters. The molecule has 0 radical (unpaired) electrons. The minimum atomic E-state index is -0.527. The van der Waals surface area contributed by atoms with Gasteiger partial charge in [-0.05, 0) is 17.7 Å². The van der Waals surface area contributed by atoms with E-state index in [0.29, 0.717) is 25.3 Å². The summed E-state index contributed by atoms with van der Waals surface area (Å²) in [4.78, 5) is 0. The summed E-state index contributed by atoms with van der Waals surface area (Å²) >= 11 is 0. The fourth-order valence-corrected chi connectivity index (χ4v) is 2.22. The number of hydrogen-bond donors (Lipinski definition) is 0. The molecule has 90 valence electrons. The third-order valence-corrected chi connectivity index (χ3v) is 3.03. The van der Waals surface area contributed by atoms with Crippen molar-refractivity contribution in [3.8, 4) is 11.8 Å². The molecule has 0 fully saturated rings. The second-order valence-corrected chi connectivity index (χ2v) is 4.11. The number of ether oxygens (including phenoxy) is 1. The van der Waals surface area contributed by atoms with Crippen LogP contribution in [0.5, 0.6) is 5.75 Å². The van der Waals surface area contributed by atoms with E-state index in [0.717, 1.165) is 11.1 Å². The fraction of sp³-hybridized carbons (Fsp3) is 0.231. The topological polar surface area (TPSA) is 50.8 Å². The minimum Gasteiger partial charge on any atom is -0.491 e. The summed E-state index contributed by atoms with van der Waals surface area (Å²) in [6.07, 6.45) is 4.20. The van der Waals surface area contributed by atoms with Crippen LogP contribution in [0.15, 0.2) is 24.5 Å². The molecule has 0 spiro atoms. The average Bonchev–Trinajstić information content (AvgIpc) is 2.99. The zero-order valence-corrected chi connectivity index (χ0v) is 9.56. The molecule has 4 nitrogen and oxygen atoms in total. The molecule has 0 N–H and O–H groups in total. The van der Waals surface area contributed by atoms with Gasteiger partial charge in [-0.25, -0.2) is 4.39 Å². The molecule has 0 amide bonds. The van der Waals surface area contributed by atoms with Crippen LogP contribution in [0.1, 0.15) is 16.7 Å². The Balaban J connectivity index is 2.09. The van der Waals surface area contributed by atoms with Gasteiger partial charge >= 0.3 is 0 Å². The number of benzene rings is 1. The van der Waals surface area contributed by atoms with Crippen LogP contribution in [0.25, 0.3) is 0 Å². The number of fused-ring (bicyclic) bond motifs is 1. The molecular weight excluding hydrogens is 233 g/mol. The van der Waals surface area contributed by atoms with Gasteiger partial charge in [-0.1, -0.05) is 0 Å². The Morgan fingerprint density at radius 2 is 2.44 bits per heavy atom. The third kappa shape index (κ3) is 1.63. The Morgan fingerprint density at radius 3 is 3.17 bits per heavy atom. The van der Waals surface area contributed by atoms with Crippen molar-refractivity contribution in [3.63, 3.8) is 0 Å². The predicted octanol–water partition coefficient (Wildman–Crippen LogP) is 1.88. The molecule has 0 unspecified atom stereocenters. The summed E-state index contributed by atoms with van der Waals surface area (Å²) < 4.78 is 20.9. The molecular formula is C13H10FN3O. The Morgan fingerprint density at radius 1 is 1.56 bits per heavy atom. The lowest BCUT2D eigenvalue weighted by Gasteiger charge is -2.09. The van der Waals surface area contributed by atoms with Gasteiger partial charge in [0.2, 0.25) is 0 Å². The lowest BCUT2D eigenvalue weighted by Crippen LogP contribution is -2.04. The molecule has 2 heterocycles. The van der Waals surface area contributed by atoms with Gasteiger partial charge in [-0.15, -0.1) is 0 Å². The zero-order valence-electron chi connectivity index (χ0n) is 9.56. The van der Waals surface area contributed by atoms with Crippen LogP contribution >= 0.6 is 0 Å². The highest BCUT2D eigenvalue weighted by Gasteiger charge is 2.23. The van der Waals surface area contributed by atoms with Crippen LogP contribution in [0, 0.1) is 17.1 Å². The molecule has 18 heavy (non-hydrogen) atoms. The second kappa shape index (κ2) is 4.15. The molecule has 1 aliphatic heterocycles. The van der Waals surface area contributed by atoms with Gasteiger partial charge in [0.25, 0.3) is 0 Å². The van der Waals surface area contributed by atoms with E-state index in [-0.39, 0.29) is 5.56 Å². The number of rotatable bonds is 2. The zero-order chi connectivity index (χ0) is 12.5. The molecule has 0 bridgehead atoms. The molecule has 2 aromatic rings. The van der Waals surface area contributed by atoms with Crippen molar-refractivity contribution < 1.29 is 9.13 Å². The van der Waals surface area contributed by atoms with Gasteiger partial charge in [-0.3, -0.25) is 4.68 Å². The van der Waals surface area contributed by atoms with Gasteiger partial charge < -0.3 is 4.74 Å². The lowest BCUT2D eigenvalue weighted by molar-refractivity contribution is 0.354. The number of hydrogen-bond acceptors (Lipinski definition) is 3. The smallest absolute Gasteiger partial charge is 0.145 e. The molecule has 5 heteroatoms. The van der Waals surface area contributed by atoms with E-state index in [1.54, 1.807) is 10.9 Å². The van der Waals surface area contributed by atoms with Crippen molar-refractivity contribution in [1.29, 1.82) is 5.26 Å². The maximum Gasteiger partial charge on any atom is 0.145 e. The number of halogens is 1. The summed E-state index contributed by atoms with van der Waals surface area (Å²) in [5, 5.41) is 13.0. The largest absolute Gasteiger partial charge is 0.491 e. The van der Waals surface area contributed by atoms with Crippen molar-refractivity contribution in [2.75, 3.05) is 6.61 Å². The highest BCUT2D eigenvalue weighted by Crippen LogP contribution is 2.34. The van der Waals surface area contributed by atoms with Crippen molar-refractivity contribution in [1.82, 2.24) is 9.78 Å². The van der Waals surface area contributed by atoms with Gasteiger partial charge in [0.1, 0.15) is 23.2 Å². The summed E-state index contributed by atoms with van der Waals surface area (Å²) in [7, 11) is 0. The minimum absolute atomic E-state index is 0.00622. The van der Waals surface area contributed by atoms with E-state index in [1.165, 1.54) is 6.07 Å². The molecule has 0 saturated heterocycles. The van der Waals surface area contributed by atoms with Crippen molar-refractivity contribution in [3.05, 3.63) is 47.0 Å². The van der Waals surface area contributed by atoms with Crippen LogP contribution in [0.4, 0.5) is 4.39 Å². The Labute approximate surface area is 103 Å². The van der Waals surface area contributed by atoms with Crippen molar-refractivity contribution in [2.24, 2.45) is 0 Å². The highest BCUT2D eigenvalue weighted by molar-refractivity contribution is 5.54. The van der Waals surface area contributed by atoms with E-state index < -0.39 is 5.82 Å². The maximum absolute atomic E-state index is 13.8. The van der Waals surface area contributed by atoms with E-state index in [1.807, 2.05) is 18.3 Å². The summed E-state index contributed by atoms with van der Waals surface area (Å²) in [5.74, 6) is -0.125. The van der Waals surface area contributed by atoms with Crippen LogP contribution in [0.3, 0.4) is 0 Å². The summed E-state index contributed by atoms with van der Waals surface area (Å²) in [6, 6.07) is 5.09. The predicted molar refractivity (Wildman–Crippen MR) is 61.6 cm³/mol. The van der Waals surface area contributed by atoms with Crippen LogP contribution in [-0.4, -0.2) is 16.4 Å². The van der Waals surface area contributed by atoms with Gasteiger partial charge in [0.05, 0.1) is 13.2 Å². The van der Waals surface area contributed by atoms with Gasteiger partial charge in [0, 0.05) is 24.4 Å². The van der Waals surface area contributed by atoms with Gasteiger partial charge in [-0.2, -0.15) is 10.4 Å². The van der Waals surface area contributed by atoms with Crippen LogP contribution < -0.4 is 4.74 Å². The Hall–Kier alpha value is -2.35. The molecule has 3 rings (SSSR count). The Bertz CT molecular complexity index is 629. The second-order valence-electron chi connectivity index (χ2n) is 4.11. The van der Waals surface area contributed by atoms with E-state index in [2.05, 4.69) is 5.10 Å². The SMILES string of the molecule is N#Cc1c(F)cc(Cn2cccn2)c2c1OCC2. The first-order valence-electron chi connectivity index (χ1n) is 5.64. The van der Waals surface area contributed by atoms with Crippen molar-refractivity contribution >= 4 is 0 Å². The lowest BCUT2D eigenvalue weighted by atomic mass is 10.0. The molecule has 1 aromatic carbocycles. The summed E-state index contributed by atoms with van der Waals surface area (Å²) in [5.41, 5.74) is 1.75. The molecule has 1 aromatic heterocycles. The first-order chi connectivity index (χ1) is 8.79. The normalized spacial score (nSPS) is 12.9. The molecule has 0 aliphatic carbocycles. The number of nitrogens with zero attached hydrogens (tertiary/aromatic N) is 3. The number of aromatic nitrogens is 2. The highest BCUT2D eigenvalue weighted by atomic mass is 19.1. The average molecular weight is 243 g/mol. The first kappa shape index (κ1) is 10.8. The number of nitriles is 1. The molecule has 1 aliphatic rings. The molecule has 0 saturated carbocycles. The van der Waals surface area contributed by atoms with Crippen LogP contribution in [-0.2, 0) is 13.0 Å². The van der Waals surface area contributed by atoms with E-state index in [9.17, 15) is 4.39 Å². The third-order valence-electron chi connectivity index (χ3n) is 3.03. The van der Waals surface area contributed by atoms with Crippen LogP contribution in [0.2, 0.25) is 0 Å². The first-order valence-corrected chi connectivity index (χ1v) is 5.64. The quantitative estimate of drug-likeness (QED) is 0.809. The van der Waals surface area contributed by atoms with Gasteiger partial charge in [0.15, 0.2) is 0 Å². The fourth-order valence-electron chi connectivity index (χ4n) is 2.22. The standard InChI is InChI=1S/C13H10FN3O/c14-12-6-9(8-17-4-1-3-16-17)10-2-5-18-13(10)11(12)7-15/h1,3-4,6H,2,5,8H2. The summed E-state index contributed by atoms with van der Waals surface area (Å²) in [6.45, 7) is 0.987.